The van der Waals surface area contributed by atoms with Crippen molar-refractivity contribution >= 4 is 16.7 Å². The van der Waals surface area contributed by atoms with Gasteiger partial charge in [-0.2, -0.15) is 0 Å². The fourth-order valence-corrected chi connectivity index (χ4v) is 2.33. The number of fused-ring (bicyclic) bond motifs is 1. The van der Waals surface area contributed by atoms with Gasteiger partial charge in [-0.15, -0.1) is 13.2 Å². The predicted molar refractivity (Wildman–Crippen MR) is 73.1 cm³/mol. The lowest BCUT2D eigenvalue weighted by molar-refractivity contribution is -0.201. The van der Waals surface area contributed by atoms with Crippen molar-refractivity contribution < 1.29 is 18.0 Å². The molecule has 0 spiro atoms. The number of hydrogen-bond donors (Lipinski definition) is 0. The van der Waals surface area contributed by atoms with Gasteiger partial charge in [0.15, 0.2) is 0 Å². The molecular weight excluding hydrogens is 279 g/mol. The molecule has 5 heteroatoms. The Hall–Kier alpha value is -2.56. The zero-order valence-electron chi connectivity index (χ0n) is 10.8. The number of halogens is 3. The van der Waals surface area contributed by atoms with Crippen LogP contribution < -0.4 is 0 Å². The molecule has 0 aliphatic heterocycles. The van der Waals surface area contributed by atoms with Gasteiger partial charge < -0.3 is 0 Å². The van der Waals surface area contributed by atoms with Crippen LogP contribution in [0.25, 0.3) is 10.9 Å². The van der Waals surface area contributed by atoms with E-state index in [2.05, 4.69) is 0 Å². The van der Waals surface area contributed by atoms with E-state index in [4.69, 9.17) is 0 Å². The average Bonchev–Trinajstić information content (AvgIpc) is 2.86. The molecule has 0 saturated carbocycles. The first-order valence-corrected chi connectivity index (χ1v) is 6.26. The monoisotopic (exact) mass is 289 g/mol. The number of carbonyl (C=O) groups is 1. The number of benzene rings is 2. The zero-order valence-corrected chi connectivity index (χ0v) is 10.8. The molecule has 0 bridgehead atoms. The molecule has 106 valence electrons. The first-order chi connectivity index (χ1) is 9.98. The highest BCUT2D eigenvalue weighted by Gasteiger charge is 2.36. The van der Waals surface area contributed by atoms with Crippen LogP contribution in [0.4, 0.5) is 13.2 Å². The van der Waals surface area contributed by atoms with Gasteiger partial charge in [0, 0.05) is 10.9 Å². The van der Waals surface area contributed by atoms with Crippen molar-refractivity contribution in [3.05, 3.63) is 71.9 Å². The molecule has 2 aromatic carbocycles. The third-order valence-corrected chi connectivity index (χ3v) is 3.23. The summed E-state index contributed by atoms with van der Waals surface area (Å²) in [6.07, 6.45) is -4.65. The molecule has 21 heavy (non-hydrogen) atoms. The molecule has 1 heterocycles. The molecule has 0 saturated heterocycles. The van der Waals surface area contributed by atoms with Gasteiger partial charge in [0.2, 0.25) is 5.78 Å². The maximum atomic E-state index is 13.3. The molecule has 0 amide bonds. The average molecular weight is 289 g/mol. The van der Waals surface area contributed by atoms with E-state index >= 15 is 0 Å². The largest absolute Gasteiger partial charge is 0.489 e. The highest BCUT2D eigenvalue weighted by molar-refractivity contribution is 6.10. The van der Waals surface area contributed by atoms with Crippen molar-refractivity contribution in [2.75, 3.05) is 0 Å². The lowest BCUT2D eigenvalue weighted by atomic mass is 10.1. The minimum atomic E-state index is -4.65. The smallest absolute Gasteiger partial charge is 0.287 e. The summed E-state index contributed by atoms with van der Waals surface area (Å²) in [5.74, 6) is -0.649. The second-order valence-corrected chi connectivity index (χ2v) is 4.59. The molecule has 0 aliphatic rings. The van der Waals surface area contributed by atoms with Crippen LogP contribution in [0.2, 0.25) is 0 Å². The molecule has 0 aliphatic carbocycles. The highest BCUT2D eigenvalue weighted by Crippen LogP contribution is 2.32. The van der Waals surface area contributed by atoms with Crippen molar-refractivity contribution in [1.29, 1.82) is 0 Å². The van der Waals surface area contributed by atoms with Gasteiger partial charge in [0.1, 0.15) is 0 Å². The summed E-state index contributed by atoms with van der Waals surface area (Å²) in [7, 11) is 0. The summed E-state index contributed by atoms with van der Waals surface area (Å²) >= 11 is 0. The van der Waals surface area contributed by atoms with Gasteiger partial charge in [-0.3, -0.25) is 4.79 Å². The van der Waals surface area contributed by atoms with Crippen LogP contribution >= 0.6 is 0 Å². The first kappa shape index (κ1) is 13.4. The van der Waals surface area contributed by atoms with E-state index in [1.54, 1.807) is 30.3 Å². The van der Waals surface area contributed by atoms with Crippen LogP contribution in [0.3, 0.4) is 0 Å². The Morgan fingerprint density at radius 1 is 0.905 bits per heavy atom. The number of alkyl halides is 3. The summed E-state index contributed by atoms with van der Waals surface area (Å²) < 4.78 is 40.0. The maximum Gasteiger partial charge on any atom is 0.489 e. The standard InChI is InChI=1S/C16H10F3NO/c17-16(18,19)20-13-9-5-4-8-12(13)10-14(20)15(21)11-6-2-1-3-7-11/h1-10H. The summed E-state index contributed by atoms with van der Waals surface area (Å²) in [6, 6.07) is 15.3. The van der Waals surface area contributed by atoms with Crippen LogP contribution in [0.1, 0.15) is 16.1 Å². The van der Waals surface area contributed by atoms with E-state index in [0.29, 0.717) is 5.39 Å². The van der Waals surface area contributed by atoms with E-state index in [9.17, 15) is 18.0 Å². The fourth-order valence-electron chi connectivity index (χ4n) is 2.33. The second kappa shape index (κ2) is 4.77. The summed E-state index contributed by atoms with van der Waals surface area (Å²) in [5, 5.41) is 0.383. The Bertz CT molecular complexity index is 803. The molecule has 3 aromatic rings. The first-order valence-electron chi connectivity index (χ1n) is 6.26. The molecule has 0 unspecified atom stereocenters. The molecule has 0 atom stereocenters. The van der Waals surface area contributed by atoms with Crippen LogP contribution in [0, 0.1) is 0 Å². The van der Waals surface area contributed by atoms with Crippen LogP contribution in [0.15, 0.2) is 60.7 Å². The molecule has 0 fully saturated rings. The number of hydrogen-bond acceptors (Lipinski definition) is 1. The van der Waals surface area contributed by atoms with Gasteiger partial charge in [0.25, 0.3) is 0 Å². The highest BCUT2D eigenvalue weighted by atomic mass is 19.4. The second-order valence-electron chi connectivity index (χ2n) is 4.59. The summed E-state index contributed by atoms with van der Waals surface area (Å²) in [5.41, 5.74) is -0.176. The molecule has 2 nitrogen and oxygen atoms in total. The van der Waals surface area contributed by atoms with Crippen molar-refractivity contribution in [2.24, 2.45) is 0 Å². The minimum absolute atomic E-state index is 0.0238. The third-order valence-electron chi connectivity index (χ3n) is 3.23. The van der Waals surface area contributed by atoms with E-state index in [1.807, 2.05) is 0 Å². The zero-order chi connectivity index (χ0) is 15.0. The van der Waals surface area contributed by atoms with Gasteiger partial charge in [-0.25, -0.2) is 4.57 Å². The number of rotatable bonds is 2. The Balaban J connectivity index is 2.25. The Labute approximate surface area is 118 Å². The van der Waals surface area contributed by atoms with E-state index in [1.165, 1.54) is 30.3 Å². The SMILES string of the molecule is O=C(c1ccccc1)c1cc2ccccc2n1C(F)(F)F. The van der Waals surface area contributed by atoms with Gasteiger partial charge in [0.05, 0.1) is 11.2 Å². The molecule has 1 aromatic heterocycles. The number of carbonyl (C=O) groups excluding carboxylic acids is 1. The van der Waals surface area contributed by atoms with Crippen LogP contribution in [0.5, 0.6) is 0 Å². The number of ketones is 1. The van der Waals surface area contributed by atoms with E-state index in [-0.39, 0.29) is 21.3 Å². The van der Waals surface area contributed by atoms with E-state index in [0.717, 1.165) is 0 Å². The Morgan fingerprint density at radius 3 is 2.19 bits per heavy atom. The quantitative estimate of drug-likeness (QED) is 0.643. The number of aromatic nitrogens is 1. The Morgan fingerprint density at radius 2 is 1.52 bits per heavy atom. The summed E-state index contributed by atoms with van der Waals surface area (Å²) in [4.78, 5) is 12.4. The van der Waals surface area contributed by atoms with Crippen LogP contribution in [-0.2, 0) is 6.30 Å². The molecule has 0 radical (unpaired) electrons. The van der Waals surface area contributed by atoms with Gasteiger partial charge in [-0.1, -0.05) is 48.5 Å². The van der Waals surface area contributed by atoms with Gasteiger partial charge in [-0.05, 0) is 12.1 Å². The lowest BCUT2D eigenvalue weighted by Crippen LogP contribution is -2.22. The number of nitrogens with zero attached hydrogens (tertiary/aromatic N) is 1. The fraction of sp³-hybridized carbons (Fsp3) is 0.0625. The predicted octanol–water partition coefficient (Wildman–Crippen LogP) is 4.35. The molecule has 0 N–H and O–H groups in total. The Kier molecular flexibility index (Phi) is 3.05. The van der Waals surface area contributed by atoms with Crippen LogP contribution in [-0.4, -0.2) is 10.4 Å². The van der Waals surface area contributed by atoms with Crippen molar-refractivity contribution in [3.8, 4) is 0 Å². The third kappa shape index (κ3) is 2.31. The molecular formula is C16H10F3NO. The van der Waals surface area contributed by atoms with E-state index < -0.39 is 12.1 Å². The van der Waals surface area contributed by atoms with Gasteiger partial charge >= 0.3 is 6.30 Å². The maximum absolute atomic E-state index is 13.3. The minimum Gasteiger partial charge on any atom is -0.287 e. The topological polar surface area (TPSA) is 22.0 Å². The lowest BCUT2D eigenvalue weighted by Gasteiger charge is -2.13. The normalized spacial score (nSPS) is 11.8. The van der Waals surface area contributed by atoms with Crippen molar-refractivity contribution in [1.82, 2.24) is 4.57 Å². The summed E-state index contributed by atoms with van der Waals surface area (Å²) in [6.45, 7) is 0. The van der Waals surface area contributed by atoms with Crippen molar-refractivity contribution in [3.63, 3.8) is 0 Å². The molecule has 3 rings (SSSR count). The van der Waals surface area contributed by atoms with Crippen molar-refractivity contribution in [2.45, 2.75) is 6.30 Å². The number of para-hydroxylation sites is 1.